The highest BCUT2D eigenvalue weighted by molar-refractivity contribution is 7.77. The second-order valence-corrected chi connectivity index (χ2v) is 3.00. The van der Waals surface area contributed by atoms with Gasteiger partial charge >= 0.3 is 0 Å². The van der Waals surface area contributed by atoms with Crippen LogP contribution in [-0.4, -0.2) is 8.76 Å². The van der Waals surface area contributed by atoms with Crippen molar-refractivity contribution >= 4 is 17.0 Å². The third-order valence-corrected chi connectivity index (χ3v) is 1.60. The monoisotopic (exact) mass is 185 g/mol. The van der Waals surface area contributed by atoms with E-state index < -0.39 is 11.3 Å². The van der Waals surface area contributed by atoms with Crippen molar-refractivity contribution in [3.05, 3.63) is 29.8 Å². The van der Waals surface area contributed by atoms with Crippen molar-refractivity contribution in [3.63, 3.8) is 0 Å². The first-order valence-electron chi connectivity index (χ1n) is 3.36. The molecule has 1 aromatic carbocycles. The van der Waals surface area contributed by atoms with E-state index >= 15 is 0 Å². The summed E-state index contributed by atoms with van der Waals surface area (Å²) in [7, 11) is 0. The summed E-state index contributed by atoms with van der Waals surface area (Å²) in [5, 5.41) is 0. The van der Waals surface area contributed by atoms with E-state index in [0.29, 0.717) is 5.69 Å². The lowest BCUT2D eigenvalue weighted by Crippen LogP contribution is -2.23. The Balaban J connectivity index is 2.53. The summed E-state index contributed by atoms with van der Waals surface area (Å²) in [5.41, 5.74) is 4.35. The van der Waals surface area contributed by atoms with Crippen molar-refractivity contribution in [2.24, 2.45) is 0 Å². The predicted molar refractivity (Wildman–Crippen MR) is 46.9 cm³/mol. The van der Waals surface area contributed by atoms with Crippen molar-refractivity contribution < 1.29 is 8.76 Å². The van der Waals surface area contributed by atoms with Crippen LogP contribution in [0.1, 0.15) is 5.56 Å². The number of rotatable bonds is 3. The number of hydrogen-bond acceptors (Lipinski definition) is 3. The molecule has 0 saturated carbocycles. The first-order chi connectivity index (χ1) is 5.68. The normalized spacial score (nSPS) is 12.5. The van der Waals surface area contributed by atoms with Gasteiger partial charge in [0.25, 0.3) is 0 Å². The van der Waals surface area contributed by atoms with Crippen LogP contribution in [0, 0.1) is 6.92 Å². The average Bonchev–Trinajstić information content (AvgIpc) is 2.03. The van der Waals surface area contributed by atoms with Gasteiger partial charge in [-0.1, -0.05) is 17.7 Å². The standard InChI is InChI=1S/C7H10N2O2S/c1-6-2-4-7(5-3-6)8-9-12(10)11/h2-5,8-9H,1H3,(H,10,11)/p-1. The van der Waals surface area contributed by atoms with E-state index in [1.54, 1.807) is 12.1 Å². The molecule has 2 N–H and O–H groups in total. The number of anilines is 1. The number of hydrogen-bond donors (Lipinski definition) is 2. The van der Waals surface area contributed by atoms with E-state index in [1.807, 2.05) is 23.9 Å². The maximum atomic E-state index is 10.1. The fraction of sp³-hybridized carbons (Fsp3) is 0.143. The minimum Gasteiger partial charge on any atom is -0.759 e. The fourth-order valence-corrected chi connectivity index (χ4v) is 0.939. The van der Waals surface area contributed by atoms with Crippen molar-refractivity contribution in [1.29, 1.82) is 0 Å². The molecule has 0 aliphatic rings. The molecule has 0 bridgehead atoms. The van der Waals surface area contributed by atoms with Crippen LogP contribution in [0.5, 0.6) is 0 Å². The second kappa shape index (κ2) is 4.20. The van der Waals surface area contributed by atoms with Crippen molar-refractivity contribution in [1.82, 2.24) is 4.83 Å². The van der Waals surface area contributed by atoms with E-state index in [0.717, 1.165) is 5.56 Å². The fourth-order valence-electron chi connectivity index (χ4n) is 0.737. The summed E-state index contributed by atoms with van der Waals surface area (Å²) in [5.74, 6) is 0. The van der Waals surface area contributed by atoms with E-state index in [4.69, 9.17) is 0 Å². The van der Waals surface area contributed by atoms with Crippen LogP contribution in [0.4, 0.5) is 5.69 Å². The van der Waals surface area contributed by atoms with E-state index in [-0.39, 0.29) is 0 Å². The molecule has 12 heavy (non-hydrogen) atoms. The summed E-state index contributed by atoms with van der Waals surface area (Å²) in [6.45, 7) is 1.96. The zero-order valence-corrected chi connectivity index (χ0v) is 7.35. The predicted octanol–water partition coefficient (Wildman–Crippen LogP) is 0.706. The molecule has 0 heterocycles. The van der Waals surface area contributed by atoms with Crippen LogP contribution in [0.25, 0.3) is 0 Å². The summed E-state index contributed by atoms with van der Waals surface area (Å²) in [6.07, 6.45) is 0. The van der Waals surface area contributed by atoms with Gasteiger partial charge in [-0.05, 0) is 19.1 Å². The number of hydrazine groups is 1. The molecule has 4 nitrogen and oxygen atoms in total. The zero-order valence-electron chi connectivity index (χ0n) is 6.53. The quantitative estimate of drug-likeness (QED) is 0.538. The molecule has 0 saturated heterocycles. The Morgan fingerprint density at radius 1 is 1.33 bits per heavy atom. The topological polar surface area (TPSA) is 64.2 Å². The summed E-state index contributed by atoms with van der Waals surface area (Å²) >= 11 is -2.28. The molecule has 1 unspecified atom stereocenters. The third kappa shape index (κ3) is 3.00. The molecule has 5 heteroatoms. The molecule has 0 aromatic heterocycles. The molecule has 0 radical (unpaired) electrons. The molecule has 1 atom stereocenters. The Morgan fingerprint density at radius 2 is 1.92 bits per heavy atom. The molecule has 0 spiro atoms. The highest BCUT2D eigenvalue weighted by Crippen LogP contribution is 2.06. The zero-order chi connectivity index (χ0) is 8.97. The van der Waals surface area contributed by atoms with Gasteiger partial charge in [0.05, 0.1) is 0 Å². The molecule has 66 valence electrons. The van der Waals surface area contributed by atoms with Gasteiger partial charge in [0.1, 0.15) is 0 Å². The van der Waals surface area contributed by atoms with Gasteiger partial charge in [-0.15, -0.1) is 0 Å². The first-order valence-corrected chi connectivity index (χ1v) is 4.43. The van der Waals surface area contributed by atoms with Gasteiger partial charge in [-0.3, -0.25) is 4.21 Å². The first kappa shape index (κ1) is 9.18. The second-order valence-electron chi connectivity index (χ2n) is 2.33. The molecule has 0 aliphatic heterocycles. The highest BCUT2D eigenvalue weighted by Gasteiger charge is 1.88. The summed E-state index contributed by atoms with van der Waals surface area (Å²) in [6, 6.07) is 7.35. The SMILES string of the molecule is Cc1ccc(NNS(=O)[O-])cc1. The Hall–Kier alpha value is -0.910. The Labute approximate surface area is 73.4 Å². The van der Waals surface area contributed by atoms with Crippen LogP contribution in [0.2, 0.25) is 0 Å². The van der Waals surface area contributed by atoms with Crippen LogP contribution < -0.4 is 10.3 Å². The lowest BCUT2D eigenvalue weighted by atomic mass is 10.2. The number of nitrogens with one attached hydrogen (secondary N) is 2. The number of benzene rings is 1. The van der Waals surface area contributed by atoms with Gasteiger partial charge in [-0.2, -0.15) is 4.83 Å². The Morgan fingerprint density at radius 3 is 2.42 bits per heavy atom. The van der Waals surface area contributed by atoms with Gasteiger partial charge < -0.3 is 9.98 Å². The lowest BCUT2D eigenvalue weighted by Gasteiger charge is -2.09. The molecule has 0 amide bonds. The van der Waals surface area contributed by atoms with Gasteiger partial charge in [0, 0.05) is 17.0 Å². The smallest absolute Gasteiger partial charge is 0.0497 e. The van der Waals surface area contributed by atoms with Crippen molar-refractivity contribution in [3.8, 4) is 0 Å². The Bertz CT molecular complexity index is 273. The van der Waals surface area contributed by atoms with Crippen LogP contribution >= 0.6 is 0 Å². The third-order valence-electron chi connectivity index (χ3n) is 1.33. The molecule has 0 fully saturated rings. The van der Waals surface area contributed by atoms with Gasteiger partial charge in [0.15, 0.2) is 0 Å². The average molecular weight is 185 g/mol. The molecule has 1 rings (SSSR count). The largest absolute Gasteiger partial charge is 0.759 e. The van der Waals surface area contributed by atoms with E-state index in [2.05, 4.69) is 5.43 Å². The van der Waals surface area contributed by atoms with Gasteiger partial charge in [-0.25, -0.2) is 0 Å². The molecular formula is C7H9N2O2S-. The Kier molecular flexibility index (Phi) is 3.21. The lowest BCUT2D eigenvalue weighted by molar-refractivity contribution is 0.528. The van der Waals surface area contributed by atoms with Crippen LogP contribution in [0.15, 0.2) is 24.3 Å². The van der Waals surface area contributed by atoms with Crippen LogP contribution in [0.3, 0.4) is 0 Å². The number of aryl methyl sites for hydroxylation is 1. The van der Waals surface area contributed by atoms with Crippen molar-refractivity contribution in [2.45, 2.75) is 6.92 Å². The van der Waals surface area contributed by atoms with Gasteiger partial charge in [0.2, 0.25) is 0 Å². The molecule has 0 aliphatic carbocycles. The van der Waals surface area contributed by atoms with Crippen molar-refractivity contribution in [2.75, 3.05) is 5.43 Å². The minimum atomic E-state index is -2.28. The maximum absolute atomic E-state index is 10.1. The van der Waals surface area contributed by atoms with E-state index in [1.165, 1.54) is 0 Å². The highest BCUT2D eigenvalue weighted by atomic mass is 32.2. The molecule has 1 aromatic rings. The minimum absolute atomic E-state index is 0.713. The molecular weight excluding hydrogens is 176 g/mol. The summed E-state index contributed by atoms with van der Waals surface area (Å²) in [4.78, 5) is 2.05. The van der Waals surface area contributed by atoms with E-state index in [9.17, 15) is 8.76 Å². The summed E-state index contributed by atoms with van der Waals surface area (Å²) < 4.78 is 20.1. The maximum Gasteiger partial charge on any atom is 0.0497 e. The van der Waals surface area contributed by atoms with Crippen LogP contribution in [-0.2, 0) is 11.3 Å².